The molecular formula is C81H130N6O63. The van der Waals surface area contributed by atoms with Gasteiger partial charge in [-0.2, -0.15) is 0 Å². The number of hydrogen-bond acceptors (Lipinski definition) is 58. The van der Waals surface area contributed by atoms with Gasteiger partial charge in [-0.3, -0.25) is 28.8 Å². The number of carboxylic acids is 5. The van der Waals surface area contributed by atoms with Crippen LogP contribution >= 0.6 is 0 Å². The molecule has 9 heterocycles. The quantitative estimate of drug-likeness (QED) is 0.0269. The summed E-state index contributed by atoms with van der Waals surface area (Å²) in [6.45, 7) is -13.6. The summed E-state index contributed by atoms with van der Waals surface area (Å²) in [6, 6.07) is -13.3. The molecule has 0 aromatic rings. The van der Waals surface area contributed by atoms with Gasteiger partial charge in [0.15, 0.2) is 25.2 Å². The molecule has 69 heteroatoms. The van der Waals surface area contributed by atoms with Gasteiger partial charge >= 0.3 is 29.8 Å². The molecule has 9 aliphatic rings. The van der Waals surface area contributed by atoms with Crippen LogP contribution in [0.25, 0.3) is 0 Å². The van der Waals surface area contributed by atoms with E-state index in [0.29, 0.717) is 13.8 Å². The van der Waals surface area contributed by atoms with Crippen LogP contribution in [0.4, 0.5) is 0 Å². The number of aliphatic hydroxyl groups is 30. The first kappa shape index (κ1) is 126. The normalized spacial score (nSPS) is 41.5. The molecular weight excluding hydrogens is 2060 g/mol. The minimum atomic E-state index is -3.99. The number of carbonyl (C=O) groups excluding carboxylic acids is 6. The second kappa shape index (κ2) is 52.9. The molecule has 9 fully saturated rings. The number of carbonyl (C=O) groups is 11. The van der Waals surface area contributed by atoms with Crippen LogP contribution in [0.5, 0.6) is 0 Å². The zero-order chi connectivity index (χ0) is 112. The van der Waals surface area contributed by atoms with Crippen LogP contribution in [0.15, 0.2) is 0 Å². The van der Waals surface area contributed by atoms with E-state index in [9.17, 15) is 231 Å². The molecule has 0 saturated carbocycles. The van der Waals surface area contributed by atoms with E-state index in [4.69, 9.17) is 80.5 Å². The van der Waals surface area contributed by atoms with Gasteiger partial charge in [-0.1, -0.05) is 0 Å². The van der Waals surface area contributed by atoms with Crippen molar-refractivity contribution in [3.63, 3.8) is 0 Å². The van der Waals surface area contributed by atoms with E-state index in [0.717, 1.165) is 13.8 Å². The SMILES string of the molecule is CC(=O)N[C@H]1[C@H](O[C@@H]2[C@H](O[C@]3(C(=O)O)C[C@H](O)[C@@H](NC(C)=O)[C@H]([C@H](O)[C@@H](CO)O[C@]4(C(=O)O)C[C@H](O)[C@@H](NC(=O)CO)[C@H]([C@H](O)[C@@H](CO)O[C@]5(C(=O)O)C[C@H](O)[C@@H](NC(C)=O)[C@H]([C@H](O)[C@H](O)CO)O5)O4)O3)[C@@H](O)[C@H](O[C@H]3[C@H](O)[C@@H](O)[C@H](O)O[C@@H]3CO)O[C@@H]2CO)O[C@H](CO)[C@H](O)[C@@H]1O[C@@H]1O[C@H](CO)[C@H](O)[C@H](O[C@]2(C(=O)O)C[C@H](O)[C@@H](NC(=O)CO)[C@H]([C@H](O)[C@@H](CO)O[C@]3(C(=O)O)C[C@H](O)[C@@H](NC(C)=O)[C@H]([C@H](O)[C@H](O)CO)O3)O2)[C@H]1O. The van der Waals surface area contributed by atoms with E-state index in [-0.39, 0.29) is 0 Å². The Labute approximate surface area is 843 Å². The molecule has 69 nitrogen and oxygen atoms in total. The third kappa shape index (κ3) is 27.4. The third-order valence-electron chi connectivity index (χ3n) is 26.3. The summed E-state index contributed by atoms with van der Waals surface area (Å²) in [4.78, 5) is 147. The predicted molar refractivity (Wildman–Crippen MR) is 455 cm³/mol. The Balaban J connectivity index is 1.09. The Morgan fingerprint density at radius 3 is 0.867 bits per heavy atom. The molecule has 0 aromatic carbocycles. The van der Waals surface area contributed by atoms with Crippen LogP contribution in [0.3, 0.4) is 0 Å². The molecule has 0 bridgehead atoms. The fourth-order valence-electron chi connectivity index (χ4n) is 18.9. The maximum Gasteiger partial charge on any atom is 0.364 e. The van der Waals surface area contributed by atoms with E-state index in [2.05, 4.69) is 21.3 Å². The van der Waals surface area contributed by atoms with Crippen LogP contribution in [0.2, 0.25) is 0 Å². The highest BCUT2D eigenvalue weighted by Crippen LogP contribution is 2.47. The van der Waals surface area contributed by atoms with Crippen LogP contribution in [-0.2, 0) is 133 Å². The van der Waals surface area contributed by atoms with Gasteiger partial charge < -0.3 is 291 Å². The second-order valence-electron chi connectivity index (χ2n) is 36.8. The van der Waals surface area contributed by atoms with Crippen molar-refractivity contribution >= 4 is 65.3 Å². The topological polar surface area (TPSA) is 1120 Å². The molecule has 50 atom stereocenters. The first-order valence-electron chi connectivity index (χ1n) is 46.1. The van der Waals surface area contributed by atoms with Gasteiger partial charge in [0, 0.05) is 59.8 Å². The van der Waals surface area contributed by atoms with Gasteiger partial charge in [0.25, 0.3) is 28.9 Å². The first-order valence-corrected chi connectivity index (χ1v) is 46.1. The van der Waals surface area contributed by atoms with E-state index in [1.165, 1.54) is 0 Å². The number of rotatable bonds is 48. The van der Waals surface area contributed by atoms with Crippen LogP contribution < -0.4 is 31.9 Å². The molecule has 9 rings (SSSR count). The van der Waals surface area contributed by atoms with Crippen molar-refractivity contribution < 1.29 is 312 Å². The number of amides is 6. The molecule has 150 heavy (non-hydrogen) atoms. The Bertz CT molecular complexity index is 4490. The van der Waals surface area contributed by atoms with E-state index < -0.39 is 474 Å². The summed E-state index contributed by atoms with van der Waals surface area (Å²) in [5.74, 6) is -38.4. The van der Waals surface area contributed by atoms with Crippen LogP contribution in [-0.4, -0.2) is 621 Å². The predicted octanol–water partition coefficient (Wildman–Crippen LogP) is -25.8. The van der Waals surface area contributed by atoms with Crippen molar-refractivity contribution in [1.82, 2.24) is 31.9 Å². The summed E-state index contributed by atoms with van der Waals surface area (Å²) >= 11 is 0. The van der Waals surface area contributed by atoms with Crippen molar-refractivity contribution in [3.05, 3.63) is 0 Å². The standard InChI is InChI=1S/C81H130N6O63/c1-21(99)82-41-25(103)5-77(72(124)125,144-61(41)47(112)30(108)10-88)141-35(15-93)52(117)64-44(86-39(110)19-97)28(106)7-79(146-64,74(128)129)143-34(14-92)51(116)63-43(84-23(3)101)27(105)8-81(147-63,76(132)133)150-67-57(122)71(138-58-37(17-95)134-68(123)55(120)54(58)119)137-38(18-96)59(67)139-69-46(85-24(4)102)60(49(114)32(12-90)135-69)140-70-56(121)66(50(115)33(13-91)136-70)149-80(75(130)131)9-29(107)45(87-40(111)20-98)65(148-80)53(118)36(16-94)142-78(73(126)127)6-26(104)42(83-22(2)100)62(145-78)48(113)31(109)11-89/h25-38,41-71,88-98,103-109,112-123H,5-20H2,1-4H3,(H,82,99)(H,83,100)(H,84,101)(H,85,102)(H,86,110)(H,87,111)(H,124,125)(H,126,127)(H,128,129)(H,130,131)(H,132,133)/t25-,26-,27-,28-,29-,30+,31+,32+,33+,34+,35+,36+,37+,38+,41+,42+,43+,44+,45+,46+,47+,48+,49-,50-,51+,52+,53+,54+,55+,56+,57+,58+,59-,60+,61+,62+,63+,64+,65+,66-,67+,68+,69-,70-,71-,77+,78+,79+,80-,81-/m0/s1. The molecule has 41 N–H and O–H groups in total. The molecule has 6 amide bonds. The minimum Gasteiger partial charge on any atom is -0.477 e. The lowest BCUT2D eigenvalue weighted by Crippen LogP contribution is -2.73. The average molecular weight is 2200 g/mol. The molecule has 0 spiro atoms. The summed E-state index contributed by atoms with van der Waals surface area (Å²) in [5.41, 5.74) is 0. The van der Waals surface area contributed by atoms with Crippen molar-refractivity contribution in [2.24, 2.45) is 0 Å². The summed E-state index contributed by atoms with van der Waals surface area (Å²) in [5, 5.41) is 406. The fraction of sp³-hybridized carbons (Fsp3) is 0.864. The number of aliphatic carboxylic acids is 5. The van der Waals surface area contributed by atoms with E-state index in [1.54, 1.807) is 0 Å². The van der Waals surface area contributed by atoms with Crippen molar-refractivity contribution in [2.75, 3.05) is 72.7 Å². The zero-order valence-electron chi connectivity index (χ0n) is 79.4. The Kier molecular flexibility index (Phi) is 44.3. The Morgan fingerprint density at radius 1 is 0.287 bits per heavy atom. The van der Waals surface area contributed by atoms with E-state index >= 15 is 0 Å². The fourth-order valence-corrected chi connectivity index (χ4v) is 18.9. The molecule has 0 unspecified atom stereocenters. The van der Waals surface area contributed by atoms with Gasteiger partial charge in [-0.15, -0.1) is 0 Å². The highest BCUT2D eigenvalue weighted by Gasteiger charge is 2.69. The number of hydrogen-bond donors (Lipinski definition) is 41. The zero-order valence-corrected chi connectivity index (χ0v) is 79.4. The lowest BCUT2D eigenvalue weighted by molar-refractivity contribution is -0.405. The average Bonchev–Trinajstić information content (AvgIpc) is 0.737. The monoisotopic (exact) mass is 2190 g/mol. The van der Waals surface area contributed by atoms with E-state index in [1.807, 2.05) is 10.6 Å². The lowest BCUT2D eigenvalue weighted by atomic mass is 9.86. The molecule has 0 radical (unpaired) electrons. The highest BCUT2D eigenvalue weighted by molar-refractivity contribution is 5.81. The second-order valence-corrected chi connectivity index (χ2v) is 36.8. The van der Waals surface area contributed by atoms with Crippen LogP contribution in [0.1, 0.15) is 59.8 Å². The first-order chi connectivity index (χ1) is 70.3. The lowest BCUT2D eigenvalue weighted by Gasteiger charge is -2.53. The molecule has 862 valence electrons. The largest absolute Gasteiger partial charge is 0.477 e. The highest BCUT2D eigenvalue weighted by atomic mass is 16.8. The Morgan fingerprint density at radius 2 is 0.553 bits per heavy atom. The summed E-state index contributed by atoms with van der Waals surface area (Å²) in [7, 11) is 0. The third-order valence-corrected chi connectivity index (χ3v) is 26.3. The molecule has 9 aliphatic heterocycles. The van der Waals surface area contributed by atoms with Gasteiger partial charge in [-0.05, 0) is 0 Å². The van der Waals surface area contributed by atoms with Crippen molar-refractivity contribution in [2.45, 2.75) is 364 Å². The van der Waals surface area contributed by atoms with Gasteiger partial charge in [0.1, 0.15) is 202 Å². The maximum absolute atomic E-state index is 14.6. The Hall–Kier alpha value is -7.71. The minimum absolute atomic E-state index is 0.709. The van der Waals surface area contributed by atoms with Gasteiger partial charge in [0.2, 0.25) is 35.4 Å². The molecule has 0 aliphatic carbocycles. The molecule has 9 saturated heterocycles. The van der Waals surface area contributed by atoms with Crippen molar-refractivity contribution in [3.8, 4) is 0 Å². The van der Waals surface area contributed by atoms with Gasteiger partial charge in [-0.25, -0.2) is 24.0 Å². The number of carboxylic acid groups (broad SMARTS) is 5. The van der Waals surface area contributed by atoms with Gasteiger partial charge in [0.05, 0.1) is 120 Å². The van der Waals surface area contributed by atoms with Crippen LogP contribution in [0, 0.1) is 0 Å². The molecule has 0 aromatic heterocycles. The summed E-state index contributed by atoms with van der Waals surface area (Å²) in [6.07, 6.45) is -109. The number of nitrogens with one attached hydrogen (secondary N) is 6. The number of ether oxygens (including phenoxy) is 17. The van der Waals surface area contributed by atoms with Crippen molar-refractivity contribution in [1.29, 1.82) is 0 Å². The number of aliphatic hydroxyl groups excluding tert-OH is 30. The summed E-state index contributed by atoms with van der Waals surface area (Å²) < 4.78 is 99.1. The smallest absolute Gasteiger partial charge is 0.364 e. The maximum atomic E-state index is 14.6.